The van der Waals surface area contributed by atoms with Crippen molar-refractivity contribution in [2.45, 2.75) is 82.4 Å². The molecular formula is C34H44N2O6S. The summed E-state index contributed by atoms with van der Waals surface area (Å²) in [5.41, 5.74) is 0.215. The lowest BCUT2D eigenvalue weighted by Gasteiger charge is -2.32. The molecule has 0 heterocycles. The lowest BCUT2D eigenvalue weighted by molar-refractivity contribution is 0.0194. The Morgan fingerprint density at radius 3 is 1.49 bits per heavy atom. The van der Waals surface area contributed by atoms with E-state index in [1.54, 1.807) is 71.9 Å². The van der Waals surface area contributed by atoms with Gasteiger partial charge in [-0.25, -0.2) is 18.0 Å². The summed E-state index contributed by atoms with van der Waals surface area (Å²) in [7, 11) is -3.92. The average molecular weight is 609 g/mol. The van der Waals surface area contributed by atoms with Crippen molar-refractivity contribution in [1.82, 2.24) is 9.80 Å². The first-order valence-electron chi connectivity index (χ1n) is 14.5. The predicted octanol–water partition coefficient (Wildman–Crippen LogP) is 7.09. The molecule has 1 unspecified atom stereocenters. The second-order valence-corrected chi connectivity index (χ2v) is 14.7. The van der Waals surface area contributed by atoms with Crippen molar-refractivity contribution >= 4 is 22.0 Å². The maximum atomic E-state index is 14.1. The maximum Gasteiger partial charge on any atom is 0.410 e. The van der Waals surface area contributed by atoms with Crippen LogP contribution < -0.4 is 0 Å². The van der Waals surface area contributed by atoms with E-state index in [0.29, 0.717) is 0 Å². The first-order chi connectivity index (χ1) is 20.1. The number of ether oxygens (including phenoxy) is 2. The Balaban J connectivity index is 1.97. The van der Waals surface area contributed by atoms with Crippen LogP contribution in [-0.4, -0.2) is 59.9 Å². The summed E-state index contributed by atoms with van der Waals surface area (Å²) in [6.07, 6.45) is -1.09. The molecular weight excluding hydrogens is 564 g/mol. The van der Waals surface area contributed by atoms with Crippen molar-refractivity contribution in [1.29, 1.82) is 0 Å². The van der Waals surface area contributed by atoms with Crippen LogP contribution in [0.15, 0.2) is 95.9 Å². The van der Waals surface area contributed by atoms with Crippen molar-refractivity contribution < 1.29 is 27.5 Å². The number of amides is 2. The van der Waals surface area contributed by atoms with Crippen molar-refractivity contribution in [3.8, 4) is 0 Å². The molecule has 1 atom stereocenters. The Kier molecular flexibility index (Phi) is 11.4. The average Bonchev–Trinajstić information content (AvgIpc) is 2.93. The van der Waals surface area contributed by atoms with Crippen molar-refractivity contribution in [3.05, 3.63) is 102 Å². The molecule has 0 aliphatic rings. The fourth-order valence-corrected chi connectivity index (χ4v) is 6.11. The quantitative estimate of drug-likeness (QED) is 0.231. The molecule has 43 heavy (non-hydrogen) atoms. The summed E-state index contributed by atoms with van der Waals surface area (Å²) in [4.78, 5) is 29.8. The van der Waals surface area contributed by atoms with Crippen molar-refractivity contribution in [3.63, 3.8) is 0 Å². The molecule has 0 aliphatic heterocycles. The fraction of sp³-hybridized carbons (Fsp3) is 0.412. The minimum Gasteiger partial charge on any atom is -0.444 e. The summed E-state index contributed by atoms with van der Waals surface area (Å²) in [5, 5.41) is -1.04. The summed E-state index contributed by atoms with van der Waals surface area (Å²) in [5.74, 6) is 0. The molecule has 0 saturated heterocycles. The highest BCUT2D eigenvalue weighted by atomic mass is 32.2. The van der Waals surface area contributed by atoms with Crippen LogP contribution in [0, 0.1) is 0 Å². The minimum atomic E-state index is -3.92. The topological polar surface area (TPSA) is 93.2 Å². The lowest BCUT2D eigenvalue weighted by atomic mass is 10.2. The van der Waals surface area contributed by atoms with E-state index in [2.05, 4.69) is 0 Å². The molecule has 3 aromatic rings. The van der Waals surface area contributed by atoms with Crippen LogP contribution in [0.3, 0.4) is 0 Å². The third kappa shape index (κ3) is 11.1. The highest BCUT2D eigenvalue weighted by Gasteiger charge is 2.34. The van der Waals surface area contributed by atoms with E-state index in [0.717, 1.165) is 11.1 Å². The van der Waals surface area contributed by atoms with Gasteiger partial charge in [-0.3, -0.25) is 0 Å². The van der Waals surface area contributed by atoms with E-state index in [1.165, 1.54) is 9.80 Å². The van der Waals surface area contributed by atoms with Crippen LogP contribution >= 0.6 is 0 Å². The van der Waals surface area contributed by atoms with Crippen LogP contribution in [-0.2, 0) is 32.4 Å². The molecule has 2 amide bonds. The summed E-state index contributed by atoms with van der Waals surface area (Å²) < 4.78 is 39.5. The Labute approximate surface area is 256 Å². The van der Waals surface area contributed by atoms with Crippen LogP contribution in [0.1, 0.15) is 59.1 Å². The van der Waals surface area contributed by atoms with Crippen LogP contribution in [0.5, 0.6) is 0 Å². The van der Waals surface area contributed by atoms with E-state index in [4.69, 9.17) is 9.47 Å². The molecule has 0 N–H and O–H groups in total. The maximum absolute atomic E-state index is 14.1. The van der Waals surface area contributed by atoms with Gasteiger partial charge >= 0.3 is 12.2 Å². The van der Waals surface area contributed by atoms with Crippen LogP contribution in [0.4, 0.5) is 9.59 Å². The normalized spacial score (nSPS) is 12.7. The van der Waals surface area contributed by atoms with Gasteiger partial charge in [0.15, 0.2) is 9.84 Å². The Morgan fingerprint density at radius 2 is 1.05 bits per heavy atom. The Bertz CT molecular complexity index is 1420. The number of sulfone groups is 1. The van der Waals surface area contributed by atoms with Crippen molar-refractivity contribution in [2.24, 2.45) is 0 Å². The van der Waals surface area contributed by atoms with Crippen LogP contribution in [0.2, 0.25) is 0 Å². The van der Waals surface area contributed by atoms with E-state index >= 15 is 0 Å². The zero-order valence-corrected chi connectivity index (χ0v) is 26.8. The number of rotatable bonds is 11. The van der Waals surface area contributed by atoms with Gasteiger partial charge in [0.1, 0.15) is 11.2 Å². The molecule has 0 saturated carbocycles. The number of carbonyl (C=O) groups excluding carboxylic acids is 2. The second-order valence-electron chi connectivity index (χ2n) is 12.5. The molecule has 0 aliphatic carbocycles. The molecule has 0 aromatic heterocycles. The van der Waals surface area contributed by atoms with Gasteiger partial charge in [-0.2, -0.15) is 0 Å². The largest absolute Gasteiger partial charge is 0.444 e. The van der Waals surface area contributed by atoms with E-state index in [1.807, 2.05) is 60.7 Å². The third-order valence-electron chi connectivity index (χ3n) is 6.39. The number of hydrogen-bond donors (Lipinski definition) is 0. The zero-order chi connectivity index (χ0) is 31.7. The predicted molar refractivity (Wildman–Crippen MR) is 168 cm³/mol. The van der Waals surface area contributed by atoms with Crippen molar-refractivity contribution in [2.75, 3.05) is 13.1 Å². The fourth-order valence-electron chi connectivity index (χ4n) is 4.39. The molecule has 3 rings (SSSR count). The van der Waals surface area contributed by atoms with E-state index < -0.39 is 38.5 Å². The van der Waals surface area contributed by atoms with Crippen LogP contribution in [0.25, 0.3) is 0 Å². The van der Waals surface area contributed by atoms with Gasteiger partial charge in [0.05, 0.1) is 10.1 Å². The summed E-state index contributed by atoms with van der Waals surface area (Å²) >= 11 is 0. The molecule has 232 valence electrons. The SMILES string of the molecule is CC(C)(C)OC(=O)N(CCC(CN(Cc1ccccc1)C(=O)OC(C)(C)C)S(=O)(=O)c1ccccc1)Cc1ccccc1. The summed E-state index contributed by atoms with van der Waals surface area (Å²) in [6.45, 7) is 11.0. The van der Waals surface area contributed by atoms with Gasteiger partial charge in [-0.15, -0.1) is 0 Å². The van der Waals surface area contributed by atoms with Gasteiger partial charge in [0.25, 0.3) is 0 Å². The van der Waals surface area contributed by atoms with E-state index in [9.17, 15) is 18.0 Å². The van der Waals surface area contributed by atoms with Gasteiger partial charge in [-0.05, 0) is 71.2 Å². The highest BCUT2D eigenvalue weighted by molar-refractivity contribution is 7.92. The first-order valence-corrected chi connectivity index (χ1v) is 16.0. The second kappa shape index (κ2) is 14.6. The molecule has 0 spiro atoms. The van der Waals surface area contributed by atoms with Gasteiger partial charge in [0, 0.05) is 26.2 Å². The number of nitrogens with zero attached hydrogens (tertiary/aromatic N) is 2. The van der Waals surface area contributed by atoms with E-state index in [-0.39, 0.29) is 37.5 Å². The minimum absolute atomic E-state index is 0.0669. The van der Waals surface area contributed by atoms with Gasteiger partial charge < -0.3 is 19.3 Å². The molecule has 0 bridgehead atoms. The van der Waals surface area contributed by atoms with Gasteiger partial charge in [0.2, 0.25) is 0 Å². The number of carbonyl (C=O) groups is 2. The first kappa shape index (κ1) is 33.6. The highest BCUT2D eigenvalue weighted by Crippen LogP contribution is 2.23. The molecule has 3 aromatic carbocycles. The standard InChI is InChI=1S/C34H44N2O6S/c1-33(2,3)41-31(37)35(24-27-16-10-7-11-17-27)23-22-30(43(39,40)29-20-14-9-15-21-29)26-36(32(38)42-34(4,5)6)25-28-18-12-8-13-19-28/h7-21,30H,22-26H2,1-6H3. The monoisotopic (exact) mass is 608 g/mol. The third-order valence-corrected chi connectivity index (χ3v) is 8.58. The smallest absolute Gasteiger partial charge is 0.410 e. The molecule has 9 heteroatoms. The zero-order valence-electron chi connectivity index (χ0n) is 26.0. The molecule has 8 nitrogen and oxygen atoms in total. The number of benzene rings is 3. The summed E-state index contributed by atoms with van der Waals surface area (Å²) in [6, 6.07) is 27.0. The Morgan fingerprint density at radius 1 is 0.651 bits per heavy atom. The lowest BCUT2D eigenvalue weighted by Crippen LogP contribution is -2.44. The number of hydrogen-bond acceptors (Lipinski definition) is 6. The Hall–Kier alpha value is -3.85. The molecule has 0 fully saturated rings. The van der Waals surface area contributed by atoms with Gasteiger partial charge in [-0.1, -0.05) is 78.9 Å². The molecule has 0 radical (unpaired) electrons.